The van der Waals surface area contributed by atoms with Crippen molar-refractivity contribution in [2.45, 2.75) is 77.1 Å². The highest BCUT2D eigenvalue weighted by Gasteiger charge is 2.46. The molecule has 168 valence electrons. The highest BCUT2D eigenvalue weighted by atomic mass is 35.5. The number of amides is 2. The Morgan fingerprint density at radius 3 is 2.43 bits per heavy atom. The molecule has 2 saturated heterocycles. The van der Waals surface area contributed by atoms with E-state index < -0.39 is 12.1 Å². The van der Waals surface area contributed by atoms with E-state index in [1.54, 1.807) is 4.90 Å². The van der Waals surface area contributed by atoms with Crippen LogP contribution in [0.1, 0.15) is 63.4 Å². The molecule has 2 fully saturated rings. The molecule has 3 N–H and O–H groups in total. The second-order valence-electron chi connectivity index (χ2n) is 9.88. The molecule has 1 aromatic rings. The van der Waals surface area contributed by atoms with Crippen LogP contribution in [0.15, 0.2) is 24.3 Å². The van der Waals surface area contributed by atoms with Crippen molar-refractivity contribution in [2.75, 3.05) is 13.1 Å². The highest BCUT2D eigenvalue weighted by molar-refractivity contribution is 5.97. The lowest BCUT2D eigenvalue weighted by Gasteiger charge is -2.31. The van der Waals surface area contributed by atoms with Crippen molar-refractivity contribution >= 4 is 24.2 Å². The Labute approximate surface area is 186 Å². The maximum Gasteiger partial charge on any atom is 0.251 e. The smallest absolute Gasteiger partial charge is 0.251 e. The van der Waals surface area contributed by atoms with Gasteiger partial charge in [0.1, 0.15) is 6.04 Å². The van der Waals surface area contributed by atoms with Crippen LogP contribution in [0.25, 0.3) is 0 Å². The molecule has 2 amide bonds. The maximum atomic E-state index is 13.3. The molecule has 6 nitrogen and oxygen atoms in total. The second-order valence-corrected chi connectivity index (χ2v) is 9.88. The number of rotatable bonds is 5. The Hall–Kier alpha value is -1.63. The van der Waals surface area contributed by atoms with Crippen molar-refractivity contribution in [2.24, 2.45) is 5.92 Å². The van der Waals surface area contributed by atoms with Crippen LogP contribution < -0.4 is 10.6 Å². The lowest BCUT2D eigenvalue weighted by atomic mass is 9.86. The van der Waals surface area contributed by atoms with E-state index in [0.29, 0.717) is 25.1 Å². The number of nitrogens with zero attached hydrogens (tertiary/aromatic N) is 1. The van der Waals surface area contributed by atoms with Crippen molar-refractivity contribution in [3.05, 3.63) is 35.4 Å². The number of β-amino-alcohol motifs (C(OH)–C–C–N with tert-alkyl or cyclic N) is 1. The number of carbonyl (C=O) groups is 2. The summed E-state index contributed by atoms with van der Waals surface area (Å²) in [7, 11) is 0. The molecule has 2 aliphatic heterocycles. The normalized spacial score (nSPS) is 24.4. The van der Waals surface area contributed by atoms with Crippen molar-refractivity contribution < 1.29 is 14.7 Å². The summed E-state index contributed by atoms with van der Waals surface area (Å²) >= 11 is 0. The summed E-state index contributed by atoms with van der Waals surface area (Å²) in [5.74, 6) is -0.0588. The Morgan fingerprint density at radius 1 is 1.23 bits per heavy atom. The minimum atomic E-state index is -0.587. The van der Waals surface area contributed by atoms with Crippen LogP contribution >= 0.6 is 12.4 Å². The van der Waals surface area contributed by atoms with E-state index in [9.17, 15) is 14.7 Å². The maximum absolute atomic E-state index is 13.3. The molecule has 1 aromatic carbocycles. The summed E-state index contributed by atoms with van der Waals surface area (Å²) in [4.78, 5) is 27.9. The Morgan fingerprint density at radius 2 is 1.87 bits per heavy atom. The SMILES string of the molecule is CC(C)C[C@H](NC(=O)c1ccc(C(C)(C)C)cc1)C(=O)N1CCC2NC[C@H](O)[C@H]21.Cl. The van der Waals surface area contributed by atoms with E-state index in [4.69, 9.17) is 0 Å². The quantitative estimate of drug-likeness (QED) is 0.661. The van der Waals surface area contributed by atoms with Gasteiger partial charge in [-0.15, -0.1) is 12.4 Å². The van der Waals surface area contributed by atoms with Gasteiger partial charge in [-0.1, -0.05) is 46.8 Å². The van der Waals surface area contributed by atoms with E-state index >= 15 is 0 Å². The van der Waals surface area contributed by atoms with Gasteiger partial charge in [-0.05, 0) is 41.9 Å². The third-order valence-corrected chi connectivity index (χ3v) is 6.04. The third kappa shape index (κ3) is 5.34. The number of fused-ring (bicyclic) bond motifs is 1. The van der Waals surface area contributed by atoms with Gasteiger partial charge in [0.25, 0.3) is 5.91 Å². The number of nitrogens with one attached hydrogen (secondary N) is 2. The standard InChI is InChI=1S/C23H35N3O3.ClH/c1-14(2)12-18(22(29)26-11-10-17-20(26)19(27)13-24-17)25-21(28)15-6-8-16(9-7-15)23(3,4)5;/h6-9,14,17-20,24,27H,10-13H2,1-5H3,(H,25,28);1H/t17?,18-,19-,20-;/m0./s1. The fourth-order valence-electron chi connectivity index (χ4n) is 4.42. The summed E-state index contributed by atoms with van der Waals surface area (Å²) < 4.78 is 0. The minimum absolute atomic E-state index is 0. The molecule has 0 spiro atoms. The summed E-state index contributed by atoms with van der Waals surface area (Å²) in [6, 6.07) is 6.96. The molecule has 0 aromatic heterocycles. The average Bonchev–Trinajstić information content (AvgIpc) is 3.23. The summed E-state index contributed by atoms with van der Waals surface area (Å²) in [6.07, 6.45) is 0.860. The van der Waals surface area contributed by atoms with Gasteiger partial charge in [0.05, 0.1) is 12.1 Å². The van der Waals surface area contributed by atoms with E-state index in [0.717, 1.165) is 12.0 Å². The lowest BCUT2D eigenvalue weighted by molar-refractivity contribution is -0.136. The molecule has 0 bridgehead atoms. The molecule has 7 heteroatoms. The number of aliphatic hydroxyl groups is 1. The van der Waals surface area contributed by atoms with Crippen LogP contribution in [0.4, 0.5) is 0 Å². The second kappa shape index (κ2) is 9.67. The molecule has 0 saturated carbocycles. The largest absolute Gasteiger partial charge is 0.390 e. The van der Waals surface area contributed by atoms with Gasteiger partial charge in [0.2, 0.25) is 5.91 Å². The van der Waals surface area contributed by atoms with Crippen LogP contribution in [0.3, 0.4) is 0 Å². The van der Waals surface area contributed by atoms with Crippen LogP contribution in [0.5, 0.6) is 0 Å². The number of aliphatic hydroxyl groups excluding tert-OH is 1. The van der Waals surface area contributed by atoms with Gasteiger partial charge in [0.15, 0.2) is 0 Å². The third-order valence-electron chi connectivity index (χ3n) is 6.04. The fourth-order valence-corrected chi connectivity index (χ4v) is 4.42. The number of hydrogen-bond acceptors (Lipinski definition) is 4. The van der Waals surface area contributed by atoms with Crippen molar-refractivity contribution in [3.8, 4) is 0 Å². The van der Waals surface area contributed by atoms with Gasteiger partial charge in [-0.3, -0.25) is 9.59 Å². The molecule has 2 aliphatic rings. The zero-order valence-corrected chi connectivity index (χ0v) is 19.5. The first-order valence-corrected chi connectivity index (χ1v) is 10.7. The topological polar surface area (TPSA) is 81.7 Å². The summed E-state index contributed by atoms with van der Waals surface area (Å²) in [6.45, 7) is 11.6. The number of carbonyl (C=O) groups excluding carboxylic acids is 2. The van der Waals surface area contributed by atoms with E-state index in [2.05, 4.69) is 31.4 Å². The number of likely N-dealkylation sites (tertiary alicyclic amines) is 1. The molecule has 0 radical (unpaired) electrons. The predicted octanol–water partition coefficient (Wildman–Crippen LogP) is 2.48. The van der Waals surface area contributed by atoms with Crippen molar-refractivity contribution in [1.82, 2.24) is 15.5 Å². The first kappa shape index (κ1) is 24.6. The van der Waals surface area contributed by atoms with E-state index in [1.165, 1.54) is 0 Å². The average molecular weight is 438 g/mol. The van der Waals surface area contributed by atoms with Crippen molar-refractivity contribution in [1.29, 1.82) is 0 Å². The van der Waals surface area contributed by atoms with Crippen LogP contribution in [0, 0.1) is 5.92 Å². The van der Waals surface area contributed by atoms with E-state index in [-0.39, 0.29) is 47.6 Å². The zero-order chi connectivity index (χ0) is 21.3. The van der Waals surface area contributed by atoms with Gasteiger partial charge in [-0.2, -0.15) is 0 Å². The molecule has 30 heavy (non-hydrogen) atoms. The van der Waals surface area contributed by atoms with Crippen LogP contribution in [0.2, 0.25) is 0 Å². The van der Waals surface area contributed by atoms with Gasteiger partial charge in [-0.25, -0.2) is 0 Å². The molecular weight excluding hydrogens is 402 g/mol. The number of halogens is 1. The lowest BCUT2D eigenvalue weighted by Crippen LogP contribution is -2.53. The Balaban J connectivity index is 0.00000320. The first-order chi connectivity index (χ1) is 13.6. The Bertz CT molecular complexity index is 745. The highest BCUT2D eigenvalue weighted by Crippen LogP contribution is 2.27. The molecular formula is C23H36ClN3O3. The number of hydrogen-bond donors (Lipinski definition) is 3. The zero-order valence-electron chi connectivity index (χ0n) is 18.6. The molecule has 0 aliphatic carbocycles. The predicted molar refractivity (Wildman–Crippen MR) is 121 cm³/mol. The summed E-state index contributed by atoms with van der Waals surface area (Å²) in [5.41, 5.74) is 1.74. The van der Waals surface area contributed by atoms with Crippen LogP contribution in [-0.2, 0) is 10.2 Å². The van der Waals surface area contributed by atoms with Crippen molar-refractivity contribution in [3.63, 3.8) is 0 Å². The minimum Gasteiger partial charge on any atom is -0.390 e. The van der Waals surface area contributed by atoms with Crippen LogP contribution in [-0.4, -0.2) is 59.1 Å². The summed E-state index contributed by atoms with van der Waals surface area (Å²) in [5, 5.41) is 16.5. The first-order valence-electron chi connectivity index (χ1n) is 10.7. The van der Waals surface area contributed by atoms with Gasteiger partial charge < -0.3 is 20.6 Å². The molecule has 1 unspecified atom stereocenters. The molecule has 3 rings (SSSR count). The number of benzene rings is 1. The Kier molecular flexibility index (Phi) is 7.94. The van der Waals surface area contributed by atoms with Gasteiger partial charge in [0, 0.05) is 24.7 Å². The fraction of sp³-hybridized carbons (Fsp3) is 0.652. The van der Waals surface area contributed by atoms with E-state index in [1.807, 2.05) is 38.1 Å². The monoisotopic (exact) mass is 437 g/mol. The van der Waals surface area contributed by atoms with Gasteiger partial charge >= 0.3 is 0 Å². The molecule has 4 atom stereocenters. The molecule has 2 heterocycles.